The molecule has 2 rings (SSSR count). The molecule has 0 fully saturated rings. The van der Waals surface area contributed by atoms with Crippen LogP contribution in [0, 0.1) is 35.9 Å². The third kappa shape index (κ3) is 4.25. The molecule has 1 N–H and O–H groups in total. The van der Waals surface area contributed by atoms with E-state index < -0.39 is 38.2 Å². The van der Waals surface area contributed by atoms with Crippen molar-refractivity contribution in [3.8, 4) is 29.4 Å². The van der Waals surface area contributed by atoms with Gasteiger partial charge in [0.25, 0.3) is 9.84 Å². The maximum Gasteiger partial charge on any atom is 0.501 e. The minimum Gasteiger partial charge on any atom is -0.457 e. The molecule has 10 heteroatoms. The van der Waals surface area contributed by atoms with E-state index in [1.165, 1.54) is 13.0 Å². The molecule has 2 aromatic carbocycles. The van der Waals surface area contributed by atoms with Crippen molar-refractivity contribution in [1.82, 2.24) is 0 Å². The van der Waals surface area contributed by atoms with Gasteiger partial charge in [0, 0.05) is 11.6 Å². The van der Waals surface area contributed by atoms with E-state index in [1.54, 1.807) is 6.07 Å². The van der Waals surface area contributed by atoms with Crippen molar-refractivity contribution in [2.75, 3.05) is 6.61 Å². The van der Waals surface area contributed by atoms with Gasteiger partial charge in [0.1, 0.15) is 23.9 Å². The molecule has 5 nitrogen and oxygen atoms in total. The second-order valence-corrected chi connectivity index (χ2v) is 7.27. The second-order valence-electron chi connectivity index (χ2n) is 5.36. The average molecular weight is 413 g/mol. The maximum absolute atomic E-state index is 13.5. The van der Waals surface area contributed by atoms with Gasteiger partial charge in [-0.15, -0.1) is 0 Å². The van der Waals surface area contributed by atoms with Crippen LogP contribution in [0.15, 0.2) is 35.2 Å². The number of hydrogen-bond acceptors (Lipinski definition) is 5. The molecule has 0 radical (unpaired) electrons. The molecule has 0 aromatic heterocycles. The molecule has 28 heavy (non-hydrogen) atoms. The fourth-order valence-corrected chi connectivity index (χ4v) is 3.19. The van der Waals surface area contributed by atoms with E-state index in [0.717, 1.165) is 18.2 Å². The molecule has 0 atom stereocenters. The summed E-state index contributed by atoms with van der Waals surface area (Å²) in [7, 11) is -5.71. The Balaban J connectivity index is 2.64. The first kappa shape index (κ1) is 21.2. The van der Waals surface area contributed by atoms with Crippen LogP contribution in [0.25, 0.3) is 0 Å². The lowest BCUT2D eigenvalue weighted by Crippen LogP contribution is -2.24. The van der Waals surface area contributed by atoms with Crippen LogP contribution < -0.4 is 4.74 Å². The topological polar surface area (TPSA) is 87.4 Å². The van der Waals surface area contributed by atoms with Crippen molar-refractivity contribution in [1.29, 1.82) is 5.26 Å². The third-order valence-corrected chi connectivity index (χ3v) is 5.02. The summed E-state index contributed by atoms with van der Waals surface area (Å²) in [6, 6.07) is 6.45. The first-order valence-corrected chi connectivity index (χ1v) is 8.93. The van der Waals surface area contributed by atoms with Gasteiger partial charge in [-0.25, -0.2) is 12.8 Å². The molecule has 0 unspecified atom stereocenters. The number of sulfone groups is 1. The Morgan fingerprint density at radius 2 is 1.89 bits per heavy atom. The van der Waals surface area contributed by atoms with Gasteiger partial charge in [-0.1, -0.05) is 11.8 Å². The second kappa shape index (κ2) is 7.89. The molecule has 0 amide bonds. The fraction of sp³-hybridized carbons (Fsp3) is 0.167. The third-order valence-electron chi connectivity index (χ3n) is 3.49. The number of ether oxygens (including phenoxy) is 1. The van der Waals surface area contributed by atoms with Crippen molar-refractivity contribution in [3.63, 3.8) is 0 Å². The largest absolute Gasteiger partial charge is 0.501 e. The summed E-state index contributed by atoms with van der Waals surface area (Å²) in [4.78, 5) is -1.09. The monoisotopic (exact) mass is 413 g/mol. The molecule has 146 valence electrons. The summed E-state index contributed by atoms with van der Waals surface area (Å²) in [5.74, 6) is 3.29. The van der Waals surface area contributed by atoms with Crippen molar-refractivity contribution in [2.24, 2.45) is 0 Å². The van der Waals surface area contributed by atoms with Gasteiger partial charge in [0.2, 0.25) is 0 Å². The number of benzene rings is 2. The zero-order valence-corrected chi connectivity index (χ0v) is 14.9. The summed E-state index contributed by atoms with van der Waals surface area (Å²) in [6.45, 7) is 0.544. The zero-order valence-electron chi connectivity index (χ0n) is 14.1. The van der Waals surface area contributed by atoms with Crippen LogP contribution in [0.2, 0.25) is 0 Å². The van der Waals surface area contributed by atoms with Crippen LogP contribution in [0.3, 0.4) is 0 Å². The number of halogens is 4. The highest BCUT2D eigenvalue weighted by Crippen LogP contribution is 2.37. The van der Waals surface area contributed by atoms with E-state index in [2.05, 4.69) is 11.8 Å². The maximum atomic E-state index is 13.5. The molecule has 2 aromatic rings. The van der Waals surface area contributed by atoms with Crippen molar-refractivity contribution < 1.29 is 35.8 Å². The van der Waals surface area contributed by atoms with E-state index in [-0.39, 0.29) is 22.6 Å². The fourth-order valence-electron chi connectivity index (χ4n) is 2.22. The summed E-state index contributed by atoms with van der Waals surface area (Å²) >= 11 is 0. The molecule has 0 aliphatic carbocycles. The molecular weight excluding hydrogens is 402 g/mol. The number of alkyl halides is 3. The molecular formula is C18H11F4NO4S. The van der Waals surface area contributed by atoms with E-state index in [0.29, 0.717) is 6.07 Å². The highest BCUT2D eigenvalue weighted by Gasteiger charge is 2.48. The Labute approximate surface area is 157 Å². The number of rotatable bonds is 3. The van der Waals surface area contributed by atoms with E-state index in [1.807, 2.05) is 0 Å². The lowest BCUT2D eigenvalue weighted by atomic mass is 10.1. The molecule has 0 aliphatic heterocycles. The standard InChI is InChI=1S/C18H11F4NO4S/c1-11-15(3-2-6-24)17(28(25,26)18(20,21)22)5-4-16(11)27-14-8-12(10-23)7-13(19)9-14/h4-5,7-9,24H,6H2,1H3. The predicted octanol–water partition coefficient (Wildman–Crippen LogP) is 3.44. The number of nitrogens with zero attached hydrogens (tertiary/aromatic N) is 1. The smallest absolute Gasteiger partial charge is 0.457 e. The van der Waals surface area contributed by atoms with Crippen molar-refractivity contribution in [2.45, 2.75) is 17.3 Å². The zero-order chi connectivity index (χ0) is 21.1. The lowest BCUT2D eigenvalue weighted by molar-refractivity contribution is -0.0436. The quantitative estimate of drug-likeness (QED) is 0.615. The van der Waals surface area contributed by atoms with E-state index >= 15 is 0 Å². The Morgan fingerprint density at radius 1 is 1.21 bits per heavy atom. The SMILES string of the molecule is Cc1c(Oc2cc(F)cc(C#N)c2)ccc(S(=O)(=O)C(F)(F)F)c1C#CCO. The van der Waals surface area contributed by atoms with Crippen LogP contribution in [0.4, 0.5) is 17.6 Å². The number of aliphatic hydroxyl groups is 1. The van der Waals surface area contributed by atoms with Crippen LogP contribution in [0.5, 0.6) is 11.5 Å². The number of hydrogen-bond donors (Lipinski definition) is 1. The van der Waals surface area contributed by atoms with Gasteiger partial charge in [-0.2, -0.15) is 18.4 Å². The van der Waals surface area contributed by atoms with E-state index in [9.17, 15) is 26.0 Å². The predicted molar refractivity (Wildman–Crippen MR) is 89.6 cm³/mol. The first-order chi connectivity index (χ1) is 13.0. The van der Waals surface area contributed by atoms with Crippen molar-refractivity contribution >= 4 is 9.84 Å². The van der Waals surface area contributed by atoms with Crippen LogP contribution in [-0.4, -0.2) is 25.6 Å². The van der Waals surface area contributed by atoms with Crippen molar-refractivity contribution in [3.05, 3.63) is 52.8 Å². The van der Waals surface area contributed by atoms with Gasteiger partial charge in [0.15, 0.2) is 0 Å². The normalized spacial score (nSPS) is 11.3. The highest BCUT2D eigenvalue weighted by atomic mass is 32.2. The first-order valence-electron chi connectivity index (χ1n) is 7.44. The highest BCUT2D eigenvalue weighted by molar-refractivity contribution is 7.92. The van der Waals surface area contributed by atoms with Gasteiger partial charge in [0.05, 0.1) is 22.1 Å². The minimum atomic E-state index is -5.71. The molecule has 0 spiro atoms. The summed E-state index contributed by atoms with van der Waals surface area (Å²) in [5, 5.41) is 17.7. The lowest BCUT2D eigenvalue weighted by Gasteiger charge is -2.15. The van der Waals surface area contributed by atoms with Gasteiger partial charge in [-0.05, 0) is 31.2 Å². The molecule has 0 heterocycles. The summed E-state index contributed by atoms with van der Waals surface area (Å²) in [5.41, 5.74) is -6.19. The van der Waals surface area contributed by atoms with Crippen LogP contribution in [0.1, 0.15) is 16.7 Å². The van der Waals surface area contributed by atoms with E-state index in [4.69, 9.17) is 15.1 Å². The van der Waals surface area contributed by atoms with Gasteiger partial charge >= 0.3 is 5.51 Å². The average Bonchev–Trinajstić information content (AvgIpc) is 2.60. The molecule has 0 aliphatic rings. The molecule has 0 bridgehead atoms. The number of aliphatic hydroxyl groups excluding tert-OH is 1. The Morgan fingerprint density at radius 3 is 2.46 bits per heavy atom. The Kier molecular flexibility index (Phi) is 5.98. The van der Waals surface area contributed by atoms with Gasteiger partial charge < -0.3 is 9.84 Å². The van der Waals surface area contributed by atoms with Crippen LogP contribution >= 0.6 is 0 Å². The molecule has 0 saturated carbocycles. The minimum absolute atomic E-state index is 0.0516. The summed E-state index contributed by atoms with van der Waals surface area (Å²) in [6.07, 6.45) is 0. The number of nitriles is 1. The molecule has 0 saturated heterocycles. The van der Waals surface area contributed by atoms with Crippen LogP contribution in [-0.2, 0) is 9.84 Å². The Hall–Kier alpha value is -3.08. The summed E-state index contributed by atoms with van der Waals surface area (Å²) < 4.78 is 81.4. The van der Waals surface area contributed by atoms with Gasteiger partial charge in [-0.3, -0.25) is 0 Å². The Bertz CT molecular complexity index is 1120.